The van der Waals surface area contributed by atoms with Crippen molar-refractivity contribution in [1.29, 1.82) is 0 Å². The van der Waals surface area contributed by atoms with E-state index in [2.05, 4.69) is 38.4 Å². The van der Waals surface area contributed by atoms with Gasteiger partial charge in [0.05, 0.1) is 5.52 Å². The van der Waals surface area contributed by atoms with Crippen molar-refractivity contribution < 1.29 is 4.79 Å². The molecule has 0 spiro atoms. The van der Waals surface area contributed by atoms with Crippen LogP contribution in [0.3, 0.4) is 0 Å². The van der Waals surface area contributed by atoms with E-state index >= 15 is 0 Å². The Hall–Kier alpha value is -3.80. The van der Waals surface area contributed by atoms with Crippen molar-refractivity contribution in [3.05, 3.63) is 72.4 Å². The molecular formula is C24H25N5O. The molecule has 2 heterocycles. The van der Waals surface area contributed by atoms with Crippen molar-refractivity contribution in [3.63, 3.8) is 0 Å². The number of amides is 1. The fourth-order valence-corrected chi connectivity index (χ4v) is 3.31. The van der Waals surface area contributed by atoms with Crippen molar-refractivity contribution in [2.45, 2.75) is 0 Å². The highest BCUT2D eigenvalue weighted by Crippen LogP contribution is 2.27. The summed E-state index contributed by atoms with van der Waals surface area (Å²) >= 11 is 0. The molecule has 0 fully saturated rings. The molecule has 6 nitrogen and oxygen atoms in total. The highest BCUT2D eigenvalue weighted by molar-refractivity contribution is 5.94. The van der Waals surface area contributed by atoms with E-state index in [1.807, 2.05) is 62.8 Å². The lowest BCUT2D eigenvalue weighted by Gasteiger charge is -2.14. The minimum atomic E-state index is -0.00329. The van der Waals surface area contributed by atoms with Crippen molar-refractivity contribution in [1.82, 2.24) is 14.9 Å². The minimum absolute atomic E-state index is 0.00329. The fraction of sp³-hybridized carbons (Fsp3) is 0.167. The van der Waals surface area contributed by atoms with Crippen LogP contribution in [0.1, 0.15) is 10.4 Å². The summed E-state index contributed by atoms with van der Waals surface area (Å²) in [6.45, 7) is 0. The first kappa shape index (κ1) is 19.5. The number of pyridine rings is 1. The molecule has 1 amide bonds. The molecule has 6 heteroatoms. The first-order valence-corrected chi connectivity index (χ1v) is 9.76. The summed E-state index contributed by atoms with van der Waals surface area (Å²) in [5.74, 6) is 0.773. The van der Waals surface area contributed by atoms with Crippen molar-refractivity contribution in [2.24, 2.45) is 0 Å². The molecule has 30 heavy (non-hydrogen) atoms. The van der Waals surface area contributed by atoms with Gasteiger partial charge in [-0.1, -0.05) is 18.2 Å². The Morgan fingerprint density at radius 2 is 1.73 bits per heavy atom. The van der Waals surface area contributed by atoms with Crippen LogP contribution in [-0.4, -0.2) is 49.0 Å². The zero-order valence-electron chi connectivity index (χ0n) is 17.6. The van der Waals surface area contributed by atoms with Gasteiger partial charge in [0.1, 0.15) is 5.82 Å². The number of carbonyl (C=O) groups is 1. The molecule has 2 aromatic heterocycles. The molecular weight excluding hydrogens is 374 g/mol. The Bertz CT molecular complexity index is 1190. The van der Waals surface area contributed by atoms with E-state index < -0.39 is 0 Å². The number of benzene rings is 2. The van der Waals surface area contributed by atoms with Crippen molar-refractivity contribution in [3.8, 4) is 11.3 Å². The summed E-state index contributed by atoms with van der Waals surface area (Å²) < 4.78 is 0. The standard InChI is InChI=1S/C24H25N5O/c1-28(2)20-7-5-6-19(13-20)26-23-14-22-18(15-25-23)12-21(27-22)16-8-10-17(11-9-16)24(30)29(3)4/h5-15,27H,1-4H3,(H,25,26). The molecule has 0 atom stereocenters. The summed E-state index contributed by atoms with van der Waals surface area (Å²) in [6.07, 6.45) is 1.86. The van der Waals surface area contributed by atoms with Gasteiger partial charge in [0.25, 0.3) is 5.91 Å². The van der Waals surface area contributed by atoms with Crippen molar-refractivity contribution in [2.75, 3.05) is 38.4 Å². The third-order valence-electron chi connectivity index (χ3n) is 4.99. The van der Waals surface area contributed by atoms with Gasteiger partial charge >= 0.3 is 0 Å². The monoisotopic (exact) mass is 399 g/mol. The molecule has 152 valence electrons. The third kappa shape index (κ3) is 3.98. The molecule has 2 N–H and O–H groups in total. The molecule has 0 saturated heterocycles. The summed E-state index contributed by atoms with van der Waals surface area (Å²) in [5.41, 5.74) is 5.80. The van der Waals surface area contributed by atoms with Gasteiger partial charge in [-0.15, -0.1) is 0 Å². The number of aromatic amines is 1. The number of nitrogens with one attached hydrogen (secondary N) is 2. The molecule has 0 aliphatic rings. The lowest BCUT2D eigenvalue weighted by molar-refractivity contribution is 0.0827. The summed E-state index contributed by atoms with van der Waals surface area (Å²) in [4.78, 5) is 23.7. The number of H-pyrrole nitrogens is 1. The second-order valence-electron chi connectivity index (χ2n) is 7.69. The fourth-order valence-electron chi connectivity index (χ4n) is 3.31. The van der Waals surface area contributed by atoms with E-state index in [0.717, 1.165) is 39.4 Å². The highest BCUT2D eigenvalue weighted by Gasteiger charge is 2.10. The predicted molar refractivity (Wildman–Crippen MR) is 124 cm³/mol. The van der Waals surface area contributed by atoms with Crippen LogP contribution in [0.5, 0.6) is 0 Å². The van der Waals surface area contributed by atoms with Crippen LogP contribution >= 0.6 is 0 Å². The summed E-state index contributed by atoms with van der Waals surface area (Å²) in [7, 11) is 7.55. The van der Waals surface area contributed by atoms with E-state index in [4.69, 9.17) is 0 Å². The average Bonchev–Trinajstić information content (AvgIpc) is 3.17. The minimum Gasteiger partial charge on any atom is -0.378 e. The number of rotatable bonds is 5. The van der Waals surface area contributed by atoms with Crippen LogP contribution in [0.15, 0.2) is 66.9 Å². The zero-order valence-corrected chi connectivity index (χ0v) is 17.6. The third-order valence-corrected chi connectivity index (χ3v) is 4.99. The first-order valence-electron chi connectivity index (χ1n) is 9.76. The number of nitrogens with zero attached hydrogens (tertiary/aromatic N) is 3. The molecule has 0 aliphatic heterocycles. The van der Waals surface area contributed by atoms with E-state index in [-0.39, 0.29) is 5.91 Å². The second kappa shape index (κ2) is 7.91. The molecule has 0 radical (unpaired) electrons. The SMILES string of the molecule is CN(C)C(=O)c1ccc(-c2cc3cnc(Nc4cccc(N(C)C)c4)cc3[nH]2)cc1. The zero-order chi connectivity index (χ0) is 21.3. The molecule has 0 unspecified atom stereocenters. The maximum atomic E-state index is 12.1. The van der Waals surface area contributed by atoms with Crippen LogP contribution < -0.4 is 10.2 Å². The van der Waals surface area contributed by atoms with E-state index in [9.17, 15) is 4.79 Å². The maximum Gasteiger partial charge on any atom is 0.253 e. The molecule has 0 saturated carbocycles. The maximum absolute atomic E-state index is 12.1. The van der Waals surface area contributed by atoms with Gasteiger partial charge in [0.15, 0.2) is 0 Å². The summed E-state index contributed by atoms with van der Waals surface area (Å²) in [5, 5.41) is 4.40. The van der Waals surface area contributed by atoms with Gasteiger partial charge in [0, 0.05) is 68.5 Å². The lowest BCUT2D eigenvalue weighted by Crippen LogP contribution is -2.21. The van der Waals surface area contributed by atoms with Gasteiger partial charge in [-0.3, -0.25) is 4.79 Å². The molecule has 0 aliphatic carbocycles. The first-order chi connectivity index (χ1) is 14.4. The Morgan fingerprint density at radius 1 is 0.967 bits per heavy atom. The Balaban J connectivity index is 1.58. The quantitative estimate of drug-likeness (QED) is 0.509. The number of hydrogen-bond donors (Lipinski definition) is 2. The smallest absolute Gasteiger partial charge is 0.253 e. The molecule has 4 rings (SSSR count). The lowest BCUT2D eigenvalue weighted by atomic mass is 10.1. The number of aromatic nitrogens is 2. The topological polar surface area (TPSA) is 64.3 Å². The predicted octanol–water partition coefficient (Wildman–Crippen LogP) is 4.74. The van der Waals surface area contributed by atoms with E-state index in [1.165, 1.54) is 0 Å². The van der Waals surface area contributed by atoms with Crippen LogP contribution in [0, 0.1) is 0 Å². The normalized spacial score (nSPS) is 10.8. The number of anilines is 3. The second-order valence-corrected chi connectivity index (χ2v) is 7.69. The van der Waals surface area contributed by atoms with Gasteiger partial charge in [-0.2, -0.15) is 0 Å². The average molecular weight is 399 g/mol. The number of hydrogen-bond acceptors (Lipinski definition) is 4. The molecule has 4 aromatic rings. The van der Waals surface area contributed by atoms with Crippen LogP contribution in [0.25, 0.3) is 22.2 Å². The summed E-state index contributed by atoms with van der Waals surface area (Å²) in [6, 6.07) is 19.9. The van der Waals surface area contributed by atoms with Gasteiger partial charge < -0.3 is 20.1 Å². The highest BCUT2D eigenvalue weighted by atomic mass is 16.2. The van der Waals surface area contributed by atoms with Gasteiger partial charge in [-0.05, 0) is 42.0 Å². The van der Waals surface area contributed by atoms with Crippen molar-refractivity contribution >= 4 is 34.0 Å². The molecule has 2 aromatic carbocycles. The van der Waals surface area contributed by atoms with Gasteiger partial charge in [0.2, 0.25) is 0 Å². The largest absolute Gasteiger partial charge is 0.378 e. The number of carbonyl (C=O) groups excluding carboxylic acids is 1. The molecule has 0 bridgehead atoms. The number of fused-ring (bicyclic) bond motifs is 1. The Labute approximate surface area is 176 Å². The van der Waals surface area contributed by atoms with Crippen LogP contribution in [0.4, 0.5) is 17.2 Å². The Kier molecular flexibility index (Phi) is 5.14. The van der Waals surface area contributed by atoms with Gasteiger partial charge in [-0.25, -0.2) is 4.98 Å². The van der Waals surface area contributed by atoms with Crippen LogP contribution in [0.2, 0.25) is 0 Å². The van der Waals surface area contributed by atoms with E-state index in [0.29, 0.717) is 5.56 Å². The Morgan fingerprint density at radius 3 is 2.43 bits per heavy atom. The van der Waals surface area contributed by atoms with Crippen LogP contribution in [-0.2, 0) is 0 Å². The van der Waals surface area contributed by atoms with E-state index in [1.54, 1.807) is 19.0 Å².